The van der Waals surface area contributed by atoms with E-state index in [2.05, 4.69) is 58.2 Å². The fourth-order valence-electron chi connectivity index (χ4n) is 13.2. The minimum atomic E-state index is -0.796. The zero-order valence-corrected chi connectivity index (χ0v) is 47.9. The molecule has 1 saturated carbocycles. The molecule has 4 aromatic heterocycles. The van der Waals surface area contributed by atoms with Crippen molar-refractivity contribution in [2.24, 2.45) is 23.7 Å². The number of carbonyl (C=O) groups excluding carboxylic acids is 2. The van der Waals surface area contributed by atoms with Crippen LogP contribution in [-0.4, -0.2) is 150 Å². The number of anilines is 2. The molecule has 2 aromatic carbocycles. The molecule has 4 aliphatic heterocycles. The van der Waals surface area contributed by atoms with Gasteiger partial charge in [0.1, 0.15) is 17.7 Å². The van der Waals surface area contributed by atoms with Crippen molar-refractivity contribution in [3.05, 3.63) is 95.6 Å². The molecule has 2 unspecified atom stereocenters. The number of nitrogens with zero attached hydrogens (tertiary/aromatic N) is 10. The number of hydrogen-bond donors (Lipinski definition) is 4. The Morgan fingerprint density at radius 3 is 2.25 bits per heavy atom. The number of aryl methyl sites for hydroxylation is 1. The van der Waals surface area contributed by atoms with Crippen molar-refractivity contribution in [2.75, 3.05) is 69.5 Å². The van der Waals surface area contributed by atoms with E-state index in [4.69, 9.17) is 20.1 Å². The van der Waals surface area contributed by atoms with Crippen molar-refractivity contribution >= 4 is 34.8 Å². The summed E-state index contributed by atoms with van der Waals surface area (Å²) in [6, 6.07) is 18.2. The second kappa shape index (κ2) is 24.5. The highest BCUT2D eigenvalue weighted by atomic mass is 32.1. The topological polar surface area (TPSA) is 217 Å². The molecule has 18 nitrogen and oxygen atoms in total. The fourth-order valence-corrected chi connectivity index (χ4v) is 14.0. The standard InChI is InChI=1S/C61H80N12O6S/c1-37(2)57(61(77)72-35-47(74)28-53(72)60(76)65-38(3)43-10-12-45(13-11-43)58-39(4)63-36-80-58)55-30-56(68-79-55)71-24-14-41(15-25-71)32-70-22-18-48(19-23-70)78-49-26-42(27-49)33-69-20-16-44(17-21-69)40(5)73-34-46(31-64-73)51-29-52(66-67-59(51)62)50-8-6-7-9-54(50)75/h6-13,29-31,34,36-38,40-42,44,47-49,53,57,74-75H,14-28,32-33,35H2,1-5H3,(H2,62,67)(H,65,76)/t38?,40?,42?,47-,49?,53+,57-/m1/s1. The van der Waals surface area contributed by atoms with Gasteiger partial charge in [-0.05, 0) is 138 Å². The van der Waals surface area contributed by atoms with Gasteiger partial charge in [0.15, 0.2) is 17.4 Å². The summed E-state index contributed by atoms with van der Waals surface area (Å²) in [6.07, 6.45) is 13.0. The van der Waals surface area contributed by atoms with E-state index in [1.54, 1.807) is 28.4 Å². The summed E-state index contributed by atoms with van der Waals surface area (Å²) in [4.78, 5) is 42.8. The molecule has 0 spiro atoms. The molecule has 19 heteroatoms. The number of aliphatic hydroxyl groups is 1. The summed E-state index contributed by atoms with van der Waals surface area (Å²) < 4.78 is 14.7. The molecule has 4 saturated heterocycles. The first-order valence-corrected chi connectivity index (χ1v) is 30.2. The number of benzene rings is 2. The molecule has 0 radical (unpaired) electrons. The Kier molecular flexibility index (Phi) is 17.0. The van der Waals surface area contributed by atoms with E-state index in [9.17, 15) is 19.8 Å². The first-order valence-electron chi connectivity index (χ1n) is 29.3. The molecule has 2 amide bonds. The molecule has 5 fully saturated rings. The van der Waals surface area contributed by atoms with Gasteiger partial charge in [-0.25, -0.2) is 4.98 Å². The number of phenols is 1. The van der Waals surface area contributed by atoms with Crippen LogP contribution in [0.25, 0.3) is 32.8 Å². The maximum Gasteiger partial charge on any atom is 0.243 e. The van der Waals surface area contributed by atoms with Crippen LogP contribution in [0.3, 0.4) is 0 Å². The normalized spacial score (nSPS) is 23.1. The van der Waals surface area contributed by atoms with Crippen LogP contribution in [0.5, 0.6) is 5.75 Å². The summed E-state index contributed by atoms with van der Waals surface area (Å²) in [5, 5.41) is 42.0. The number of nitrogens with one attached hydrogen (secondary N) is 1. The van der Waals surface area contributed by atoms with Gasteiger partial charge in [-0.15, -0.1) is 21.5 Å². The van der Waals surface area contributed by atoms with E-state index in [1.807, 2.05) is 87.9 Å². The lowest BCUT2D eigenvalue weighted by molar-refractivity contribution is -0.141. The van der Waals surface area contributed by atoms with E-state index in [-0.39, 0.29) is 48.5 Å². The number of rotatable bonds is 18. The molecule has 5 N–H and O–H groups in total. The van der Waals surface area contributed by atoms with Gasteiger partial charge in [0.25, 0.3) is 0 Å². The van der Waals surface area contributed by atoms with Crippen molar-refractivity contribution in [1.29, 1.82) is 0 Å². The number of likely N-dealkylation sites (tertiary alicyclic amines) is 3. The summed E-state index contributed by atoms with van der Waals surface area (Å²) in [5.41, 5.74) is 14.0. The Morgan fingerprint density at radius 1 is 0.838 bits per heavy atom. The predicted molar refractivity (Wildman–Crippen MR) is 310 cm³/mol. The van der Waals surface area contributed by atoms with Crippen molar-refractivity contribution in [3.8, 4) is 38.6 Å². The maximum atomic E-state index is 14.4. The number of β-amino-alcohol motifs (C(OH)–C–C–N with tert-alkyl or cyclic N) is 1. The summed E-state index contributed by atoms with van der Waals surface area (Å²) in [7, 11) is 0. The number of amides is 2. The van der Waals surface area contributed by atoms with Crippen molar-refractivity contribution < 1.29 is 29.1 Å². The Labute approximate surface area is 474 Å². The van der Waals surface area contributed by atoms with Crippen LogP contribution < -0.4 is 16.0 Å². The van der Waals surface area contributed by atoms with Crippen LogP contribution in [0.2, 0.25) is 0 Å². The lowest BCUT2D eigenvalue weighted by Crippen LogP contribution is -2.48. The Balaban J connectivity index is 0.576. The number of aliphatic hydroxyl groups excluding tert-OH is 1. The fraction of sp³-hybridized carbons (Fsp3) is 0.557. The van der Waals surface area contributed by atoms with Gasteiger partial charge in [0, 0.05) is 81.2 Å². The second-order valence-electron chi connectivity index (χ2n) is 24.0. The highest BCUT2D eigenvalue weighted by Gasteiger charge is 2.44. The minimum Gasteiger partial charge on any atom is -0.507 e. The summed E-state index contributed by atoms with van der Waals surface area (Å²) in [6.45, 7) is 18.7. The quantitative estimate of drug-likeness (QED) is 0.0633. The van der Waals surface area contributed by atoms with Crippen LogP contribution in [0, 0.1) is 30.6 Å². The molecule has 0 bridgehead atoms. The third kappa shape index (κ3) is 12.5. The zero-order chi connectivity index (χ0) is 55.6. The molecule has 11 rings (SSSR count). The Morgan fingerprint density at radius 2 is 1.55 bits per heavy atom. The maximum absolute atomic E-state index is 14.4. The number of nitrogens with two attached hydrogens (primary N) is 1. The Hall–Kier alpha value is -6.25. The van der Waals surface area contributed by atoms with E-state index in [0.29, 0.717) is 52.8 Å². The second-order valence-corrected chi connectivity index (χ2v) is 24.8. The van der Waals surface area contributed by atoms with Crippen LogP contribution in [0.1, 0.15) is 121 Å². The van der Waals surface area contributed by atoms with Crippen molar-refractivity contribution in [2.45, 2.75) is 135 Å². The molecule has 426 valence electrons. The van der Waals surface area contributed by atoms with Crippen LogP contribution in [-0.2, 0) is 14.3 Å². The highest BCUT2D eigenvalue weighted by Crippen LogP contribution is 2.39. The number of hydrogen-bond acceptors (Lipinski definition) is 16. The zero-order valence-electron chi connectivity index (χ0n) is 47.1. The van der Waals surface area contributed by atoms with E-state index >= 15 is 0 Å². The average molecular weight is 1110 g/mol. The third-order valence-electron chi connectivity index (χ3n) is 18.1. The number of para-hydroxylation sites is 1. The molecule has 8 heterocycles. The number of thiazole rings is 1. The highest BCUT2D eigenvalue weighted by molar-refractivity contribution is 7.13. The molecular weight excluding hydrogens is 1030 g/mol. The van der Waals surface area contributed by atoms with Gasteiger partial charge in [0.2, 0.25) is 11.8 Å². The third-order valence-corrected chi connectivity index (χ3v) is 19.1. The number of phenolic OH excluding ortho intramolecular Hbond substituents is 1. The van der Waals surface area contributed by atoms with Gasteiger partial charge in [-0.1, -0.05) is 55.4 Å². The average Bonchev–Trinajstić information content (AvgIpc) is 4.30. The van der Waals surface area contributed by atoms with E-state index in [0.717, 1.165) is 130 Å². The Bertz CT molecular complexity index is 3040. The first kappa shape index (κ1) is 55.6. The van der Waals surface area contributed by atoms with E-state index in [1.165, 1.54) is 12.8 Å². The van der Waals surface area contributed by atoms with Gasteiger partial charge in [-0.2, -0.15) is 5.10 Å². The number of aromatic hydroxyl groups is 1. The minimum absolute atomic E-state index is 0.0915. The largest absolute Gasteiger partial charge is 0.507 e. The van der Waals surface area contributed by atoms with Gasteiger partial charge < -0.3 is 50.1 Å². The number of carbonyl (C=O) groups is 2. The molecule has 5 aliphatic rings. The van der Waals surface area contributed by atoms with Gasteiger partial charge >= 0.3 is 0 Å². The smallest absolute Gasteiger partial charge is 0.243 e. The SMILES string of the molecule is Cc1ncsc1-c1ccc(C(C)NC(=O)[C@@H]2C[C@@H](O)CN2C(=O)[C@@H](c2cc(N3CCC(CN4CCC(OC5CC(CN6CCC(C(C)n7cc(-c8cc(-c9ccccc9O)nnc8N)cn7)CC6)C5)CC4)CC3)no2)C(C)C)cc1. The number of nitrogen functional groups attached to an aromatic ring is 1. The molecular formula is C61H80N12O6S. The summed E-state index contributed by atoms with van der Waals surface area (Å²) in [5.74, 6) is 2.32. The number of aromatic nitrogens is 6. The molecule has 5 atom stereocenters. The first-order chi connectivity index (χ1) is 38.7. The summed E-state index contributed by atoms with van der Waals surface area (Å²) >= 11 is 1.60. The van der Waals surface area contributed by atoms with Crippen molar-refractivity contribution in [1.82, 2.24) is 50.1 Å². The lowest BCUT2D eigenvalue weighted by Gasteiger charge is -2.43. The van der Waals surface area contributed by atoms with Crippen LogP contribution in [0.4, 0.5) is 11.6 Å². The van der Waals surface area contributed by atoms with E-state index < -0.39 is 18.1 Å². The van der Waals surface area contributed by atoms with Gasteiger partial charge in [0.05, 0.1) is 58.4 Å². The van der Waals surface area contributed by atoms with Crippen LogP contribution in [0.15, 0.2) is 83.1 Å². The molecule has 1 aliphatic carbocycles. The van der Waals surface area contributed by atoms with Crippen LogP contribution >= 0.6 is 11.3 Å². The monoisotopic (exact) mass is 1110 g/mol. The number of ether oxygens (including phenoxy) is 1. The predicted octanol–water partition coefficient (Wildman–Crippen LogP) is 8.74. The lowest BCUT2D eigenvalue weighted by atomic mass is 9.80. The van der Waals surface area contributed by atoms with Gasteiger partial charge in [-0.3, -0.25) is 14.3 Å². The molecule has 6 aromatic rings. The molecule has 80 heavy (non-hydrogen) atoms. The van der Waals surface area contributed by atoms with Crippen molar-refractivity contribution in [3.63, 3.8) is 0 Å². The number of piperidine rings is 3.